The maximum absolute atomic E-state index is 12.1. The fourth-order valence-electron chi connectivity index (χ4n) is 2.93. The van der Waals surface area contributed by atoms with E-state index in [0.717, 1.165) is 25.7 Å². The molecular formula is C14H23N3O3. The number of rotatable bonds is 2. The van der Waals surface area contributed by atoms with Crippen molar-refractivity contribution in [3.8, 4) is 0 Å². The van der Waals surface area contributed by atoms with Crippen LogP contribution in [-0.2, 0) is 14.4 Å². The van der Waals surface area contributed by atoms with Gasteiger partial charge in [0.2, 0.25) is 6.41 Å². The van der Waals surface area contributed by atoms with Crippen LogP contribution >= 0.6 is 0 Å². The largest absolute Gasteiger partial charge is 0.345 e. The number of piperazine rings is 1. The maximum Gasteiger partial charge on any atom is 0.312 e. The van der Waals surface area contributed by atoms with Gasteiger partial charge in [0, 0.05) is 32.2 Å². The molecule has 1 saturated heterocycles. The first-order valence-corrected chi connectivity index (χ1v) is 7.41. The molecule has 112 valence electrons. The molecule has 1 N–H and O–H groups in total. The molecule has 3 amide bonds. The summed E-state index contributed by atoms with van der Waals surface area (Å²) in [7, 11) is 0. The molecule has 1 saturated carbocycles. The molecule has 0 bridgehead atoms. The van der Waals surface area contributed by atoms with Gasteiger partial charge in [0.1, 0.15) is 0 Å². The van der Waals surface area contributed by atoms with Gasteiger partial charge in [-0.15, -0.1) is 0 Å². The molecular weight excluding hydrogens is 258 g/mol. The van der Waals surface area contributed by atoms with Gasteiger partial charge in [-0.2, -0.15) is 0 Å². The summed E-state index contributed by atoms with van der Waals surface area (Å²) >= 11 is 0. The number of hydrogen-bond donors (Lipinski definition) is 1. The van der Waals surface area contributed by atoms with Crippen LogP contribution in [0.4, 0.5) is 0 Å². The second-order valence-electron chi connectivity index (χ2n) is 5.78. The van der Waals surface area contributed by atoms with E-state index in [1.165, 1.54) is 11.3 Å². The predicted octanol–water partition coefficient (Wildman–Crippen LogP) is -0.0181. The van der Waals surface area contributed by atoms with Crippen LogP contribution in [0.3, 0.4) is 0 Å². The van der Waals surface area contributed by atoms with E-state index in [2.05, 4.69) is 12.2 Å². The van der Waals surface area contributed by atoms with E-state index in [0.29, 0.717) is 32.1 Å². The first kappa shape index (κ1) is 14.8. The Morgan fingerprint density at radius 2 is 1.75 bits per heavy atom. The lowest BCUT2D eigenvalue weighted by molar-refractivity contribution is -0.148. The molecule has 0 spiro atoms. The van der Waals surface area contributed by atoms with Gasteiger partial charge in [0.15, 0.2) is 0 Å². The molecule has 6 heteroatoms. The minimum atomic E-state index is -0.497. The fraction of sp³-hybridized carbons (Fsp3) is 0.786. The zero-order valence-corrected chi connectivity index (χ0v) is 12.0. The third-order valence-corrected chi connectivity index (χ3v) is 4.37. The standard InChI is InChI=1S/C14H23N3O3/c1-11-4-2-3-5-12(11)15-13(19)14(20)17-8-6-16(10-18)7-9-17/h10-12H,2-9H2,1H3,(H,15,19). The average molecular weight is 281 g/mol. The van der Waals surface area contributed by atoms with Gasteiger partial charge >= 0.3 is 11.8 Å². The van der Waals surface area contributed by atoms with Gasteiger partial charge in [-0.3, -0.25) is 14.4 Å². The molecule has 0 aromatic heterocycles. The smallest absolute Gasteiger partial charge is 0.312 e. The second-order valence-corrected chi connectivity index (χ2v) is 5.78. The summed E-state index contributed by atoms with van der Waals surface area (Å²) < 4.78 is 0. The summed E-state index contributed by atoms with van der Waals surface area (Å²) in [4.78, 5) is 37.9. The van der Waals surface area contributed by atoms with Gasteiger partial charge in [0.25, 0.3) is 0 Å². The van der Waals surface area contributed by atoms with E-state index < -0.39 is 11.8 Å². The summed E-state index contributed by atoms with van der Waals surface area (Å²) in [6.07, 6.45) is 5.17. The molecule has 2 atom stereocenters. The highest BCUT2D eigenvalue weighted by Gasteiger charge is 2.29. The van der Waals surface area contributed by atoms with Crippen LogP contribution in [-0.4, -0.2) is 60.2 Å². The predicted molar refractivity (Wildman–Crippen MR) is 73.8 cm³/mol. The highest BCUT2D eigenvalue weighted by molar-refractivity contribution is 6.35. The van der Waals surface area contributed by atoms with Crippen LogP contribution < -0.4 is 5.32 Å². The topological polar surface area (TPSA) is 69.7 Å². The molecule has 0 aromatic rings. The van der Waals surface area contributed by atoms with Crippen LogP contribution in [0.15, 0.2) is 0 Å². The fourth-order valence-corrected chi connectivity index (χ4v) is 2.93. The van der Waals surface area contributed by atoms with Crippen molar-refractivity contribution >= 4 is 18.2 Å². The van der Waals surface area contributed by atoms with E-state index in [9.17, 15) is 14.4 Å². The summed E-state index contributed by atoms with van der Waals surface area (Å²) in [6, 6.07) is 0.122. The number of hydrogen-bond acceptors (Lipinski definition) is 3. The van der Waals surface area contributed by atoms with Crippen LogP contribution in [0, 0.1) is 5.92 Å². The monoisotopic (exact) mass is 281 g/mol. The summed E-state index contributed by atoms with van der Waals surface area (Å²) in [5, 5.41) is 2.88. The Labute approximate surface area is 119 Å². The molecule has 1 heterocycles. The van der Waals surface area contributed by atoms with Crippen LogP contribution in [0.2, 0.25) is 0 Å². The lowest BCUT2D eigenvalue weighted by Crippen LogP contribution is -2.54. The molecule has 2 unspecified atom stereocenters. The van der Waals surface area contributed by atoms with Gasteiger partial charge in [-0.1, -0.05) is 19.8 Å². The van der Waals surface area contributed by atoms with E-state index in [1.807, 2.05) is 0 Å². The third kappa shape index (κ3) is 3.49. The van der Waals surface area contributed by atoms with Gasteiger partial charge in [-0.25, -0.2) is 0 Å². The zero-order chi connectivity index (χ0) is 14.5. The van der Waals surface area contributed by atoms with Crippen molar-refractivity contribution in [1.82, 2.24) is 15.1 Å². The Bertz CT molecular complexity index is 378. The van der Waals surface area contributed by atoms with Gasteiger partial charge in [-0.05, 0) is 18.8 Å². The average Bonchev–Trinajstić information content (AvgIpc) is 2.49. The van der Waals surface area contributed by atoms with E-state index in [4.69, 9.17) is 0 Å². The Morgan fingerprint density at radius 3 is 2.35 bits per heavy atom. The molecule has 0 aromatic carbocycles. The molecule has 1 aliphatic heterocycles. The van der Waals surface area contributed by atoms with Crippen molar-refractivity contribution in [3.05, 3.63) is 0 Å². The Morgan fingerprint density at radius 1 is 1.10 bits per heavy atom. The summed E-state index contributed by atoms with van der Waals surface area (Å²) in [5.41, 5.74) is 0. The Kier molecular flexibility index (Phi) is 4.98. The summed E-state index contributed by atoms with van der Waals surface area (Å²) in [5.74, 6) is -0.524. The van der Waals surface area contributed by atoms with Crippen LogP contribution in [0.5, 0.6) is 0 Å². The summed E-state index contributed by atoms with van der Waals surface area (Å²) in [6.45, 7) is 4.00. The Balaban J connectivity index is 1.83. The molecule has 2 fully saturated rings. The van der Waals surface area contributed by atoms with Crippen molar-refractivity contribution in [3.63, 3.8) is 0 Å². The van der Waals surface area contributed by atoms with Crippen molar-refractivity contribution in [2.75, 3.05) is 26.2 Å². The van der Waals surface area contributed by atoms with Crippen LogP contribution in [0.25, 0.3) is 0 Å². The molecule has 2 rings (SSSR count). The van der Waals surface area contributed by atoms with Crippen molar-refractivity contribution in [2.45, 2.75) is 38.6 Å². The highest BCUT2D eigenvalue weighted by atomic mass is 16.2. The lowest BCUT2D eigenvalue weighted by Gasteiger charge is -2.33. The third-order valence-electron chi connectivity index (χ3n) is 4.37. The SMILES string of the molecule is CC1CCCCC1NC(=O)C(=O)N1CCN(C=O)CC1. The maximum atomic E-state index is 12.1. The lowest BCUT2D eigenvalue weighted by atomic mass is 9.86. The number of amides is 3. The van der Waals surface area contributed by atoms with Crippen LogP contribution in [0.1, 0.15) is 32.6 Å². The van der Waals surface area contributed by atoms with E-state index >= 15 is 0 Å². The molecule has 2 aliphatic rings. The first-order chi connectivity index (χ1) is 9.61. The highest BCUT2D eigenvalue weighted by Crippen LogP contribution is 2.23. The first-order valence-electron chi connectivity index (χ1n) is 7.41. The molecule has 20 heavy (non-hydrogen) atoms. The van der Waals surface area contributed by atoms with Crippen molar-refractivity contribution < 1.29 is 14.4 Å². The van der Waals surface area contributed by atoms with E-state index in [-0.39, 0.29) is 6.04 Å². The quantitative estimate of drug-likeness (QED) is 0.571. The minimum absolute atomic E-state index is 0.122. The van der Waals surface area contributed by atoms with Gasteiger partial charge in [0.05, 0.1) is 0 Å². The normalized spacial score (nSPS) is 27.1. The second kappa shape index (κ2) is 6.72. The Hall–Kier alpha value is -1.59. The minimum Gasteiger partial charge on any atom is -0.345 e. The number of nitrogens with one attached hydrogen (secondary N) is 1. The number of carbonyl (C=O) groups is 3. The number of nitrogens with zero attached hydrogens (tertiary/aromatic N) is 2. The van der Waals surface area contributed by atoms with E-state index in [1.54, 1.807) is 4.90 Å². The molecule has 1 aliphatic carbocycles. The number of carbonyl (C=O) groups excluding carboxylic acids is 3. The molecule has 6 nitrogen and oxygen atoms in total. The zero-order valence-electron chi connectivity index (χ0n) is 12.0. The van der Waals surface area contributed by atoms with Crippen molar-refractivity contribution in [1.29, 1.82) is 0 Å². The van der Waals surface area contributed by atoms with Crippen molar-refractivity contribution in [2.24, 2.45) is 5.92 Å². The molecule has 0 radical (unpaired) electrons. The van der Waals surface area contributed by atoms with Gasteiger partial charge < -0.3 is 15.1 Å².